The molecule has 9 heteroatoms. The van der Waals surface area contributed by atoms with E-state index < -0.39 is 29.6 Å². The van der Waals surface area contributed by atoms with Crippen molar-refractivity contribution in [3.63, 3.8) is 0 Å². The maximum Gasteiger partial charge on any atom is 0.279 e. The third kappa shape index (κ3) is 2.47. The predicted molar refractivity (Wildman–Crippen MR) is 93.4 cm³/mol. The Morgan fingerprint density at radius 1 is 1.20 bits per heavy atom. The molecule has 1 fully saturated rings. The van der Waals surface area contributed by atoms with Crippen molar-refractivity contribution in [2.75, 3.05) is 4.90 Å². The molecule has 6 nitrogen and oxygen atoms in total. The van der Waals surface area contributed by atoms with Crippen LogP contribution in [0.1, 0.15) is 9.67 Å². The fourth-order valence-electron chi connectivity index (χ4n) is 2.79. The molecule has 4 rings (SSSR count). The first kappa shape index (κ1) is 16.3. The van der Waals surface area contributed by atoms with Gasteiger partial charge < -0.3 is 4.84 Å². The van der Waals surface area contributed by atoms with E-state index in [2.05, 4.69) is 5.16 Å². The SMILES string of the molecule is O=C(C1=NO[C@H]2C(=O)N(c3cc(Cl)ccc3Cl)C(=O)[C@@H]12)c1cccs1. The molecular formula is C16H8Cl2N2O4S. The van der Waals surface area contributed by atoms with Gasteiger partial charge in [0.05, 0.1) is 15.6 Å². The number of hydrogen-bond acceptors (Lipinski definition) is 6. The number of amides is 2. The quantitative estimate of drug-likeness (QED) is 0.591. The van der Waals surface area contributed by atoms with Gasteiger partial charge >= 0.3 is 0 Å². The van der Waals surface area contributed by atoms with Gasteiger partial charge in [0.25, 0.3) is 5.91 Å². The number of ketones is 1. The van der Waals surface area contributed by atoms with Gasteiger partial charge in [-0.15, -0.1) is 11.3 Å². The second-order valence-electron chi connectivity index (χ2n) is 5.39. The standard InChI is InChI=1S/C16H8Cl2N2O4S/c17-7-3-4-8(18)9(6-7)20-15(22)11-12(19-24-14(11)16(20)23)13(21)10-2-1-5-25-10/h1-6,11,14H/t11-,14+/m0/s1. The lowest BCUT2D eigenvalue weighted by Crippen LogP contribution is -2.34. The summed E-state index contributed by atoms with van der Waals surface area (Å²) in [6.45, 7) is 0. The van der Waals surface area contributed by atoms with Crippen molar-refractivity contribution >= 4 is 63.5 Å². The molecule has 0 radical (unpaired) electrons. The fourth-order valence-corrected chi connectivity index (χ4v) is 3.84. The molecule has 126 valence electrons. The number of imide groups is 1. The van der Waals surface area contributed by atoms with E-state index >= 15 is 0 Å². The highest BCUT2D eigenvalue weighted by atomic mass is 35.5. The van der Waals surface area contributed by atoms with Gasteiger partial charge in [-0.1, -0.05) is 34.4 Å². The Morgan fingerprint density at radius 3 is 2.72 bits per heavy atom. The predicted octanol–water partition coefficient (Wildman–Crippen LogP) is 3.18. The highest BCUT2D eigenvalue weighted by Crippen LogP contribution is 2.38. The summed E-state index contributed by atoms with van der Waals surface area (Å²) in [6.07, 6.45) is -1.17. The Kier molecular flexibility index (Phi) is 3.87. The largest absolute Gasteiger partial charge is 0.381 e. The number of oxime groups is 1. The molecule has 1 aromatic heterocycles. The number of anilines is 1. The van der Waals surface area contributed by atoms with Crippen molar-refractivity contribution in [3.8, 4) is 0 Å². The lowest BCUT2D eigenvalue weighted by Gasteiger charge is -2.16. The number of carbonyl (C=O) groups excluding carboxylic acids is 3. The summed E-state index contributed by atoms with van der Waals surface area (Å²) in [5, 5.41) is 5.94. The normalized spacial score (nSPS) is 22.0. The summed E-state index contributed by atoms with van der Waals surface area (Å²) in [6, 6.07) is 7.78. The molecule has 1 saturated heterocycles. The molecule has 2 aliphatic rings. The number of Topliss-reactive ketones (excluding diaryl/α,β-unsaturated/α-hetero) is 1. The number of hydrogen-bond donors (Lipinski definition) is 0. The lowest BCUT2D eigenvalue weighted by atomic mass is 9.96. The first-order valence-electron chi connectivity index (χ1n) is 7.14. The first-order chi connectivity index (χ1) is 12.0. The van der Waals surface area contributed by atoms with E-state index in [1.807, 2.05) is 0 Å². The van der Waals surface area contributed by atoms with E-state index in [1.165, 1.54) is 23.5 Å². The number of carbonyl (C=O) groups is 3. The zero-order chi connectivity index (χ0) is 17.7. The molecule has 0 N–H and O–H groups in total. The maximum atomic E-state index is 12.8. The highest BCUT2D eigenvalue weighted by Gasteiger charge is 2.57. The topological polar surface area (TPSA) is 76.0 Å². The molecule has 3 heterocycles. The van der Waals surface area contributed by atoms with Crippen LogP contribution in [0.3, 0.4) is 0 Å². The van der Waals surface area contributed by atoms with E-state index in [4.69, 9.17) is 28.0 Å². The summed E-state index contributed by atoms with van der Waals surface area (Å²) < 4.78 is 0. The Balaban J connectivity index is 1.71. The number of fused-ring (bicyclic) bond motifs is 1. The second kappa shape index (κ2) is 5.94. The van der Waals surface area contributed by atoms with Crippen molar-refractivity contribution in [1.29, 1.82) is 0 Å². The summed E-state index contributed by atoms with van der Waals surface area (Å²) in [4.78, 5) is 44.4. The lowest BCUT2D eigenvalue weighted by molar-refractivity contribution is -0.126. The van der Waals surface area contributed by atoms with Gasteiger partial charge in [0.15, 0.2) is 0 Å². The fraction of sp³-hybridized carbons (Fsp3) is 0.125. The van der Waals surface area contributed by atoms with Gasteiger partial charge in [-0.3, -0.25) is 14.4 Å². The van der Waals surface area contributed by atoms with E-state index in [-0.39, 0.29) is 16.4 Å². The van der Waals surface area contributed by atoms with E-state index in [0.29, 0.717) is 9.90 Å². The van der Waals surface area contributed by atoms with Gasteiger partial charge in [0, 0.05) is 5.02 Å². The Morgan fingerprint density at radius 2 is 2.00 bits per heavy atom. The minimum atomic E-state index is -1.17. The smallest absolute Gasteiger partial charge is 0.279 e. The Labute approximate surface area is 155 Å². The molecule has 25 heavy (non-hydrogen) atoms. The Hall–Kier alpha value is -2.22. The summed E-state index contributed by atoms with van der Waals surface area (Å²) in [5.74, 6) is -2.75. The molecule has 1 aromatic carbocycles. The van der Waals surface area contributed by atoms with Crippen LogP contribution in [0.25, 0.3) is 0 Å². The zero-order valence-corrected chi connectivity index (χ0v) is 14.6. The van der Waals surface area contributed by atoms with E-state index in [1.54, 1.807) is 23.6 Å². The van der Waals surface area contributed by atoms with Crippen molar-refractivity contribution in [3.05, 3.63) is 50.6 Å². The van der Waals surface area contributed by atoms with Crippen LogP contribution in [0.4, 0.5) is 5.69 Å². The van der Waals surface area contributed by atoms with Crippen molar-refractivity contribution < 1.29 is 19.2 Å². The molecule has 0 spiro atoms. The summed E-state index contributed by atoms with van der Waals surface area (Å²) in [7, 11) is 0. The van der Waals surface area contributed by atoms with Gasteiger partial charge in [-0.2, -0.15) is 0 Å². The molecule has 0 saturated carbocycles. The van der Waals surface area contributed by atoms with Crippen LogP contribution < -0.4 is 4.90 Å². The minimum absolute atomic E-state index is 0.0774. The van der Waals surface area contributed by atoms with Crippen molar-refractivity contribution in [1.82, 2.24) is 0 Å². The van der Waals surface area contributed by atoms with E-state index in [9.17, 15) is 14.4 Å². The van der Waals surface area contributed by atoms with Crippen molar-refractivity contribution in [2.45, 2.75) is 6.10 Å². The van der Waals surface area contributed by atoms with Crippen LogP contribution in [0.5, 0.6) is 0 Å². The molecule has 0 unspecified atom stereocenters. The third-order valence-electron chi connectivity index (χ3n) is 3.94. The van der Waals surface area contributed by atoms with Crippen LogP contribution in [0.15, 0.2) is 40.9 Å². The van der Waals surface area contributed by atoms with Crippen LogP contribution in [0, 0.1) is 5.92 Å². The number of nitrogens with zero attached hydrogens (tertiary/aromatic N) is 2. The van der Waals surface area contributed by atoms with Crippen LogP contribution >= 0.6 is 34.5 Å². The van der Waals surface area contributed by atoms with Gasteiger partial charge in [0.2, 0.25) is 17.8 Å². The average molecular weight is 395 g/mol. The molecule has 0 bridgehead atoms. The van der Waals surface area contributed by atoms with E-state index in [0.717, 1.165) is 4.90 Å². The zero-order valence-electron chi connectivity index (χ0n) is 12.3. The number of rotatable bonds is 3. The first-order valence-corrected chi connectivity index (χ1v) is 8.77. The van der Waals surface area contributed by atoms with Crippen LogP contribution in [-0.2, 0) is 14.4 Å². The van der Waals surface area contributed by atoms with Crippen molar-refractivity contribution in [2.24, 2.45) is 11.1 Å². The average Bonchev–Trinajstić information content (AvgIpc) is 3.30. The van der Waals surface area contributed by atoms with Crippen LogP contribution in [-0.4, -0.2) is 29.4 Å². The van der Waals surface area contributed by atoms with Gasteiger partial charge in [-0.05, 0) is 29.6 Å². The maximum absolute atomic E-state index is 12.8. The monoisotopic (exact) mass is 394 g/mol. The van der Waals surface area contributed by atoms with Crippen LogP contribution in [0.2, 0.25) is 10.0 Å². The van der Waals surface area contributed by atoms with Gasteiger partial charge in [-0.25, -0.2) is 4.90 Å². The summed E-state index contributed by atoms with van der Waals surface area (Å²) >= 11 is 13.3. The molecular weight excluding hydrogens is 387 g/mol. The third-order valence-corrected chi connectivity index (χ3v) is 5.36. The number of thiophene rings is 1. The molecule has 2 aromatic rings. The minimum Gasteiger partial charge on any atom is -0.381 e. The summed E-state index contributed by atoms with van der Waals surface area (Å²) in [5.41, 5.74) is 0.0801. The number of halogens is 2. The molecule has 0 aliphatic carbocycles. The number of benzene rings is 1. The highest BCUT2D eigenvalue weighted by molar-refractivity contribution is 7.13. The molecule has 2 amide bonds. The van der Waals surface area contributed by atoms with Gasteiger partial charge in [0.1, 0.15) is 11.6 Å². The second-order valence-corrected chi connectivity index (χ2v) is 7.19. The Bertz CT molecular complexity index is 942. The molecule has 2 atom stereocenters. The molecule has 2 aliphatic heterocycles.